The first-order chi connectivity index (χ1) is 24.1. The zero-order valence-corrected chi connectivity index (χ0v) is 34.2. The van der Waals surface area contributed by atoms with Gasteiger partial charge in [-0.3, -0.25) is 4.79 Å². The summed E-state index contributed by atoms with van der Waals surface area (Å²) in [6, 6.07) is 0. The molecule has 0 saturated heterocycles. The van der Waals surface area contributed by atoms with Gasteiger partial charge in [0.1, 0.15) is 6.10 Å². The van der Waals surface area contributed by atoms with Gasteiger partial charge in [-0.05, 0) is 117 Å². The molecule has 4 rings (SSSR count). The summed E-state index contributed by atoms with van der Waals surface area (Å²) in [5.74, 6) is 4.16. The molecule has 0 unspecified atom stereocenters. The van der Waals surface area contributed by atoms with Gasteiger partial charge in [0.05, 0.1) is 0 Å². The number of ether oxygens (including phenoxy) is 1. The van der Waals surface area contributed by atoms with Crippen molar-refractivity contribution in [2.24, 2.45) is 46.3 Å². The Hall–Kier alpha value is -1.31. The van der Waals surface area contributed by atoms with Gasteiger partial charge in [0, 0.05) is 6.42 Å². The number of esters is 1. The largest absolute Gasteiger partial charge is 0.462 e. The van der Waals surface area contributed by atoms with Crippen molar-refractivity contribution in [3.05, 3.63) is 36.0 Å². The maximum atomic E-state index is 12.9. The van der Waals surface area contributed by atoms with E-state index in [0.29, 0.717) is 35.0 Å². The first-order valence-electron chi connectivity index (χ1n) is 22.4. The van der Waals surface area contributed by atoms with Crippen LogP contribution in [-0.2, 0) is 9.53 Å². The van der Waals surface area contributed by atoms with Crippen molar-refractivity contribution in [2.45, 2.75) is 215 Å². The van der Waals surface area contributed by atoms with Crippen LogP contribution >= 0.6 is 0 Å². The van der Waals surface area contributed by atoms with Crippen LogP contribution in [0.3, 0.4) is 0 Å². The van der Waals surface area contributed by atoms with Crippen molar-refractivity contribution in [2.75, 3.05) is 0 Å². The van der Waals surface area contributed by atoms with Gasteiger partial charge in [-0.15, -0.1) is 0 Å². The Morgan fingerprint density at radius 2 is 1.36 bits per heavy atom. The number of rotatable bonds is 23. The van der Waals surface area contributed by atoms with E-state index in [-0.39, 0.29) is 12.1 Å². The highest BCUT2D eigenvalue weighted by molar-refractivity contribution is 5.69. The smallest absolute Gasteiger partial charge is 0.306 e. The third-order valence-electron chi connectivity index (χ3n) is 15.0. The first-order valence-corrected chi connectivity index (χ1v) is 22.4. The zero-order chi connectivity index (χ0) is 36.0. The topological polar surface area (TPSA) is 26.3 Å². The van der Waals surface area contributed by atoms with Gasteiger partial charge < -0.3 is 4.74 Å². The highest BCUT2D eigenvalue weighted by Gasteiger charge is 2.58. The molecule has 3 fully saturated rings. The molecule has 0 heterocycles. The molecule has 0 amide bonds. The van der Waals surface area contributed by atoms with Gasteiger partial charge in [-0.25, -0.2) is 0 Å². The van der Waals surface area contributed by atoms with E-state index in [1.807, 2.05) is 5.57 Å². The second-order valence-corrected chi connectivity index (χ2v) is 18.5. The van der Waals surface area contributed by atoms with Gasteiger partial charge in [0.15, 0.2) is 0 Å². The lowest BCUT2D eigenvalue weighted by Crippen LogP contribution is -2.50. The van der Waals surface area contributed by atoms with E-state index in [9.17, 15) is 4.79 Å². The third-order valence-corrected chi connectivity index (χ3v) is 15.0. The summed E-state index contributed by atoms with van der Waals surface area (Å²) in [5.41, 5.74) is 3.94. The SMILES string of the molecule is C=C(C)[C@@H](/C=C/[C@@H](C)[C@H]1CC[C@H]2C3=CC[C@H]4C[C@@H](OC(=O)CCCCCCCCCCCCCCCCCC)CC[C@]4(C)[C@H]3CC[C@]12C)CC. The molecule has 0 bridgehead atoms. The van der Waals surface area contributed by atoms with E-state index in [2.05, 4.69) is 66.3 Å². The lowest BCUT2D eigenvalue weighted by atomic mass is 9.47. The minimum atomic E-state index is 0.0677. The van der Waals surface area contributed by atoms with Crippen LogP contribution < -0.4 is 0 Å². The van der Waals surface area contributed by atoms with Crippen molar-refractivity contribution >= 4 is 5.97 Å². The summed E-state index contributed by atoms with van der Waals surface area (Å²) >= 11 is 0. The van der Waals surface area contributed by atoms with Gasteiger partial charge in [0.25, 0.3) is 0 Å². The summed E-state index contributed by atoms with van der Waals surface area (Å²) in [4.78, 5) is 12.9. The van der Waals surface area contributed by atoms with Crippen molar-refractivity contribution in [3.8, 4) is 0 Å². The number of allylic oxidation sites excluding steroid dienone is 5. The Balaban J connectivity index is 1.11. The van der Waals surface area contributed by atoms with Crippen LogP contribution in [0.1, 0.15) is 208 Å². The number of carbonyl (C=O) groups excluding carboxylic acids is 1. The molecule has 0 radical (unpaired) electrons. The number of hydrogen-bond acceptors (Lipinski definition) is 2. The van der Waals surface area contributed by atoms with Gasteiger partial charge in [-0.1, -0.05) is 167 Å². The predicted molar refractivity (Wildman–Crippen MR) is 216 cm³/mol. The fraction of sp³-hybridized carbons (Fsp3) is 0.854. The van der Waals surface area contributed by atoms with Gasteiger partial charge >= 0.3 is 5.97 Å². The number of carbonyl (C=O) groups is 1. The molecular formula is C48H82O2. The Bertz CT molecular complexity index is 1080. The van der Waals surface area contributed by atoms with E-state index >= 15 is 0 Å². The highest BCUT2D eigenvalue weighted by Crippen LogP contribution is 2.67. The van der Waals surface area contributed by atoms with Crippen LogP contribution in [0, 0.1) is 46.3 Å². The summed E-state index contributed by atoms with van der Waals surface area (Å²) in [6.07, 6.45) is 41.5. The van der Waals surface area contributed by atoms with E-state index < -0.39 is 0 Å². The lowest BCUT2D eigenvalue weighted by Gasteiger charge is -2.58. The molecule has 0 spiro atoms. The maximum absolute atomic E-state index is 12.9. The molecule has 4 aliphatic carbocycles. The fourth-order valence-corrected chi connectivity index (χ4v) is 11.6. The molecular weight excluding hydrogens is 609 g/mol. The molecule has 4 aliphatic rings. The van der Waals surface area contributed by atoms with Crippen LogP contribution in [0.4, 0.5) is 0 Å². The maximum Gasteiger partial charge on any atom is 0.306 e. The van der Waals surface area contributed by atoms with Crippen molar-refractivity contribution in [1.29, 1.82) is 0 Å². The molecule has 0 N–H and O–H groups in total. The van der Waals surface area contributed by atoms with E-state index in [4.69, 9.17) is 4.74 Å². The molecule has 2 nitrogen and oxygen atoms in total. The number of fused-ring (bicyclic) bond motifs is 5. The summed E-state index contributed by atoms with van der Waals surface area (Å²) in [6.45, 7) is 18.8. The first kappa shape index (κ1) is 41.4. The van der Waals surface area contributed by atoms with Gasteiger partial charge in [0.2, 0.25) is 0 Å². The van der Waals surface area contributed by atoms with Crippen molar-refractivity contribution < 1.29 is 9.53 Å². The zero-order valence-electron chi connectivity index (χ0n) is 34.2. The van der Waals surface area contributed by atoms with Crippen LogP contribution in [0.2, 0.25) is 0 Å². The van der Waals surface area contributed by atoms with E-state index in [0.717, 1.165) is 43.4 Å². The molecule has 0 aromatic rings. The van der Waals surface area contributed by atoms with Crippen molar-refractivity contribution in [1.82, 2.24) is 0 Å². The third kappa shape index (κ3) is 11.1. The molecule has 2 heteroatoms. The summed E-state index contributed by atoms with van der Waals surface area (Å²) in [5, 5.41) is 0. The highest BCUT2D eigenvalue weighted by atomic mass is 16.5. The fourth-order valence-electron chi connectivity index (χ4n) is 11.6. The molecule has 286 valence electrons. The molecule has 0 aromatic heterocycles. The summed E-state index contributed by atoms with van der Waals surface area (Å²) in [7, 11) is 0. The van der Waals surface area contributed by atoms with E-state index in [1.165, 1.54) is 140 Å². The van der Waals surface area contributed by atoms with Crippen LogP contribution in [0.25, 0.3) is 0 Å². The average Bonchev–Trinajstić information content (AvgIpc) is 3.45. The molecule has 50 heavy (non-hydrogen) atoms. The van der Waals surface area contributed by atoms with E-state index in [1.54, 1.807) is 0 Å². The molecule has 0 aromatic carbocycles. The minimum absolute atomic E-state index is 0.0677. The van der Waals surface area contributed by atoms with Crippen LogP contribution in [-0.4, -0.2) is 12.1 Å². The van der Waals surface area contributed by atoms with Crippen molar-refractivity contribution in [3.63, 3.8) is 0 Å². The second-order valence-electron chi connectivity index (χ2n) is 18.5. The summed E-state index contributed by atoms with van der Waals surface area (Å²) < 4.78 is 6.16. The standard InChI is InChI=1S/C48H82O2/c1-8-10-11-12-13-14-15-16-17-18-19-20-21-22-23-24-25-46(49)50-41-32-34-47(6)40(36-41)28-29-42-44-31-30-43(48(44,7)35-33-45(42)47)38(5)26-27-39(9-2)37(3)4/h26-27,29,38-41,43-45H,3,8-25,28,30-36H2,1-2,4-7H3/b27-26+/t38-,39-,40+,41+,43-,44+,45+,47+,48-/m1/s1. The quantitative estimate of drug-likeness (QED) is 0.0606. The second kappa shape index (κ2) is 20.8. The average molecular weight is 691 g/mol. The normalized spacial score (nSPS) is 31.8. The van der Waals surface area contributed by atoms with Crippen LogP contribution in [0.5, 0.6) is 0 Å². The Morgan fingerprint density at radius 3 is 1.94 bits per heavy atom. The number of unbranched alkanes of at least 4 members (excludes halogenated alkanes) is 15. The number of hydrogen-bond donors (Lipinski definition) is 0. The Morgan fingerprint density at radius 1 is 0.800 bits per heavy atom. The Labute approximate surface area is 311 Å². The lowest BCUT2D eigenvalue weighted by molar-refractivity contribution is -0.155. The molecule has 0 aliphatic heterocycles. The minimum Gasteiger partial charge on any atom is -0.462 e. The van der Waals surface area contributed by atoms with Crippen LogP contribution in [0.15, 0.2) is 36.0 Å². The molecule has 9 atom stereocenters. The predicted octanol–water partition coefficient (Wildman–Crippen LogP) is 14.9. The molecule has 3 saturated carbocycles. The Kier molecular flexibility index (Phi) is 17.2. The van der Waals surface area contributed by atoms with Gasteiger partial charge in [-0.2, -0.15) is 0 Å². The monoisotopic (exact) mass is 691 g/mol.